The Morgan fingerprint density at radius 2 is 1.88 bits per heavy atom. The Morgan fingerprint density at radius 1 is 1.12 bits per heavy atom. The molecule has 8 nitrogen and oxygen atoms in total. The molecule has 32 heavy (non-hydrogen) atoms. The van der Waals surface area contributed by atoms with Gasteiger partial charge in [-0.15, -0.1) is 0 Å². The summed E-state index contributed by atoms with van der Waals surface area (Å²) in [6.45, 7) is 0.325. The molecule has 0 aliphatic carbocycles. The normalized spacial score (nSPS) is 11.6. The lowest BCUT2D eigenvalue weighted by molar-refractivity contribution is 0.413. The van der Waals surface area contributed by atoms with E-state index in [0.717, 1.165) is 0 Å². The van der Waals surface area contributed by atoms with Crippen LogP contribution < -0.4 is 10.1 Å². The molecule has 0 saturated carbocycles. The van der Waals surface area contributed by atoms with Crippen LogP contribution in [0.4, 0.5) is 10.2 Å². The monoisotopic (exact) mass is 475 g/mol. The van der Waals surface area contributed by atoms with Crippen molar-refractivity contribution < 1.29 is 17.5 Å². The molecule has 0 bridgehead atoms. The lowest BCUT2D eigenvalue weighted by Crippen LogP contribution is -2.11. The number of benzene rings is 2. The van der Waals surface area contributed by atoms with Gasteiger partial charge in [0.15, 0.2) is 17.2 Å². The summed E-state index contributed by atoms with van der Waals surface area (Å²) in [5, 5.41) is 11.4. The van der Waals surface area contributed by atoms with Crippen LogP contribution in [0.3, 0.4) is 0 Å². The Labute approximate surface area is 188 Å². The van der Waals surface area contributed by atoms with Gasteiger partial charge in [0.25, 0.3) is 0 Å². The topological polar surface area (TPSA) is 110 Å². The molecule has 0 radical (unpaired) electrons. The summed E-state index contributed by atoms with van der Waals surface area (Å²) in [4.78, 5) is 8.69. The number of aromatic nitrogens is 4. The van der Waals surface area contributed by atoms with Crippen LogP contribution in [0.2, 0.25) is 5.02 Å². The summed E-state index contributed by atoms with van der Waals surface area (Å²) in [7, 11) is -3.10. The minimum Gasteiger partial charge on any atom is -0.421 e. The number of aromatic amines is 1. The standard InChI is InChI=1S/C21H19ClFN5O3S/c1-32(29,30)12-6-11-24-19-17-18(13-7-2-3-8-14(13)22)27-28-20(17)26-21(25-19)31-16-10-5-4-9-15(16)23/h2-5,7-10H,6,11-12H2,1H3,(H2,24,25,26,27,28). The van der Waals surface area contributed by atoms with Crippen molar-refractivity contribution in [2.75, 3.05) is 23.9 Å². The highest BCUT2D eigenvalue weighted by Crippen LogP contribution is 2.35. The van der Waals surface area contributed by atoms with E-state index >= 15 is 0 Å². The van der Waals surface area contributed by atoms with Crippen molar-refractivity contribution >= 4 is 38.3 Å². The van der Waals surface area contributed by atoms with E-state index in [1.807, 2.05) is 18.2 Å². The van der Waals surface area contributed by atoms with Gasteiger partial charge in [0.2, 0.25) is 0 Å². The maximum atomic E-state index is 14.0. The first-order chi connectivity index (χ1) is 15.3. The summed E-state index contributed by atoms with van der Waals surface area (Å²) in [5.41, 5.74) is 1.57. The summed E-state index contributed by atoms with van der Waals surface area (Å²) in [6, 6.07) is 13.0. The molecule has 2 aromatic heterocycles. The molecule has 0 aliphatic heterocycles. The van der Waals surface area contributed by atoms with Crippen molar-refractivity contribution in [2.24, 2.45) is 0 Å². The molecule has 2 N–H and O–H groups in total. The molecule has 0 amide bonds. The predicted molar refractivity (Wildman–Crippen MR) is 121 cm³/mol. The highest BCUT2D eigenvalue weighted by molar-refractivity contribution is 7.90. The fourth-order valence-electron chi connectivity index (χ4n) is 3.10. The molecule has 0 saturated heterocycles. The Morgan fingerprint density at radius 3 is 2.62 bits per heavy atom. The maximum Gasteiger partial charge on any atom is 0.326 e. The molecular formula is C21H19ClFN5O3S. The number of halogens is 2. The van der Waals surface area contributed by atoms with Gasteiger partial charge in [-0.1, -0.05) is 41.9 Å². The number of nitrogens with one attached hydrogen (secondary N) is 2. The molecule has 0 spiro atoms. The third kappa shape index (κ3) is 4.97. The second-order valence-electron chi connectivity index (χ2n) is 7.07. The fourth-order valence-corrected chi connectivity index (χ4v) is 4.00. The van der Waals surface area contributed by atoms with Crippen molar-refractivity contribution in [3.05, 3.63) is 59.4 Å². The van der Waals surface area contributed by atoms with Gasteiger partial charge in [-0.25, -0.2) is 12.8 Å². The van der Waals surface area contributed by atoms with Crippen LogP contribution in [0.5, 0.6) is 11.8 Å². The first kappa shape index (κ1) is 22.0. The molecule has 0 atom stereocenters. The molecule has 0 aliphatic rings. The van der Waals surface area contributed by atoms with Crippen LogP contribution in [-0.2, 0) is 9.84 Å². The van der Waals surface area contributed by atoms with Gasteiger partial charge in [-0.3, -0.25) is 5.10 Å². The number of hydrogen-bond donors (Lipinski definition) is 2. The minimum atomic E-state index is -3.10. The zero-order valence-electron chi connectivity index (χ0n) is 17.0. The summed E-state index contributed by atoms with van der Waals surface area (Å²) in [5.74, 6) is -0.205. The van der Waals surface area contributed by atoms with Crippen LogP contribution in [-0.4, -0.2) is 47.1 Å². The third-order valence-corrected chi connectivity index (χ3v) is 5.92. The first-order valence-corrected chi connectivity index (χ1v) is 12.1. The number of nitrogens with zero attached hydrogens (tertiary/aromatic N) is 3. The lowest BCUT2D eigenvalue weighted by Gasteiger charge is -2.11. The van der Waals surface area contributed by atoms with E-state index in [9.17, 15) is 12.8 Å². The predicted octanol–water partition coefficient (Wildman–Crippen LogP) is 4.45. The average Bonchev–Trinajstić information content (AvgIpc) is 3.16. The number of fused-ring (bicyclic) bond motifs is 1. The second-order valence-corrected chi connectivity index (χ2v) is 9.74. The van der Waals surface area contributed by atoms with Crippen molar-refractivity contribution in [1.29, 1.82) is 0 Å². The molecule has 0 fully saturated rings. The maximum absolute atomic E-state index is 14.0. The van der Waals surface area contributed by atoms with Crippen LogP contribution in [0.25, 0.3) is 22.3 Å². The van der Waals surface area contributed by atoms with E-state index < -0.39 is 15.7 Å². The SMILES string of the molecule is CS(=O)(=O)CCCNc1nc(Oc2ccccc2F)nc2n[nH]c(-c3ccccc3Cl)c12. The fraction of sp³-hybridized carbons (Fsp3) is 0.190. The Hall–Kier alpha value is -3.24. The van der Waals surface area contributed by atoms with E-state index in [2.05, 4.69) is 25.5 Å². The number of anilines is 1. The van der Waals surface area contributed by atoms with Crippen molar-refractivity contribution in [2.45, 2.75) is 6.42 Å². The van der Waals surface area contributed by atoms with Crippen molar-refractivity contribution in [3.8, 4) is 23.0 Å². The number of H-pyrrole nitrogens is 1. The number of sulfone groups is 1. The highest BCUT2D eigenvalue weighted by Gasteiger charge is 2.19. The van der Waals surface area contributed by atoms with Crippen LogP contribution >= 0.6 is 11.6 Å². The third-order valence-electron chi connectivity index (χ3n) is 4.56. The summed E-state index contributed by atoms with van der Waals surface area (Å²) < 4.78 is 42.5. The van der Waals surface area contributed by atoms with Gasteiger partial charge in [-0.05, 0) is 24.6 Å². The lowest BCUT2D eigenvalue weighted by atomic mass is 10.1. The number of rotatable bonds is 8. The molecule has 166 valence electrons. The van der Waals surface area contributed by atoms with Crippen molar-refractivity contribution in [3.63, 3.8) is 0 Å². The molecule has 4 rings (SSSR count). The summed E-state index contributed by atoms with van der Waals surface area (Å²) in [6.07, 6.45) is 1.55. The average molecular weight is 476 g/mol. The first-order valence-electron chi connectivity index (χ1n) is 9.67. The Kier molecular flexibility index (Phi) is 6.24. The van der Waals surface area contributed by atoms with Gasteiger partial charge in [0, 0.05) is 23.4 Å². The van der Waals surface area contributed by atoms with Crippen LogP contribution in [0, 0.1) is 5.82 Å². The zero-order valence-corrected chi connectivity index (χ0v) is 18.5. The molecule has 2 aromatic carbocycles. The smallest absolute Gasteiger partial charge is 0.326 e. The van der Waals surface area contributed by atoms with Gasteiger partial charge in [0.1, 0.15) is 15.7 Å². The molecule has 11 heteroatoms. The zero-order chi connectivity index (χ0) is 22.7. The quantitative estimate of drug-likeness (QED) is 0.362. The molecule has 2 heterocycles. The number of ether oxygens (including phenoxy) is 1. The minimum absolute atomic E-state index is 0.0234. The van der Waals surface area contributed by atoms with E-state index in [1.165, 1.54) is 18.4 Å². The van der Waals surface area contributed by atoms with Gasteiger partial charge < -0.3 is 10.1 Å². The molecule has 0 unspecified atom stereocenters. The van der Waals surface area contributed by atoms with E-state index in [0.29, 0.717) is 40.4 Å². The number of para-hydroxylation sites is 1. The van der Waals surface area contributed by atoms with E-state index in [-0.39, 0.29) is 23.2 Å². The number of hydrogen-bond acceptors (Lipinski definition) is 7. The van der Waals surface area contributed by atoms with E-state index in [4.69, 9.17) is 16.3 Å². The van der Waals surface area contributed by atoms with Gasteiger partial charge in [-0.2, -0.15) is 15.1 Å². The van der Waals surface area contributed by atoms with Crippen LogP contribution in [0.1, 0.15) is 6.42 Å². The highest BCUT2D eigenvalue weighted by atomic mass is 35.5. The molecule has 4 aromatic rings. The Bertz CT molecular complexity index is 1380. The largest absolute Gasteiger partial charge is 0.421 e. The van der Waals surface area contributed by atoms with E-state index in [1.54, 1.807) is 18.2 Å². The molecular weight excluding hydrogens is 457 g/mol. The Balaban J connectivity index is 1.74. The van der Waals surface area contributed by atoms with Crippen LogP contribution in [0.15, 0.2) is 48.5 Å². The van der Waals surface area contributed by atoms with Crippen molar-refractivity contribution in [1.82, 2.24) is 20.2 Å². The van der Waals surface area contributed by atoms with Gasteiger partial charge in [0.05, 0.1) is 16.8 Å². The summed E-state index contributed by atoms with van der Waals surface area (Å²) >= 11 is 6.36. The van der Waals surface area contributed by atoms with Gasteiger partial charge >= 0.3 is 6.01 Å². The second kappa shape index (κ2) is 9.09.